The van der Waals surface area contributed by atoms with Gasteiger partial charge in [-0.3, -0.25) is 29.3 Å². The normalized spacial score (nSPS) is 11.9. The molecule has 10 aromatic carbocycles. The first-order chi connectivity index (χ1) is 70.0. The van der Waals surface area contributed by atoms with Crippen molar-refractivity contribution in [1.82, 2.24) is 34.9 Å². The summed E-state index contributed by atoms with van der Waals surface area (Å²) in [5, 5.41) is 35.3. The Hall–Kier alpha value is -11.8. The Morgan fingerprint density at radius 1 is 0.322 bits per heavy atom. The van der Waals surface area contributed by atoms with Crippen molar-refractivity contribution in [2.75, 3.05) is 0 Å². The van der Waals surface area contributed by atoms with Crippen LogP contribution in [0, 0.1) is 87.8 Å². The molecule has 0 unspecified atom stereocenters. The van der Waals surface area contributed by atoms with E-state index in [4.69, 9.17) is 15.1 Å². The van der Waals surface area contributed by atoms with Gasteiger partial charge in [-0.05, 0) is 224 Å². The summed E-state index contributed by atoms with van der Waals surface area (Å²) in [6, 6.07) is 118. The van der Waals surface area contributed by atoms with Gasteiger partial charge in [0, 0.05) is 184 Å². The first-order valence-corrected chi connectivity index (χ1v) is 51.0. The second-order valence-electron chi connectivity index (χ2n) is 36.5. The molecule has 17 aromatic rings. The fourth-order valence-corrected chi connectivity index (χ4v) is 17.9. The molecule has 2 aliphatic rings. The summed E-state index contributed by atoms with van der Waals surface area (Å²) in [5.74, 6) is 2.49. The summed E-state index contributed by atoms with van der Waals surface area (Å²) in [6.45, 7) is 27.4. The van der Waals surface area contributed by atoms with E-state index < -0.39 is 0 Å². The molecule has 149 heavy (non-hydrogen) atoms. The molecule has 3 N–H and O–H groups in total. The second-order valence-corrected chi connectivity index (χ2v) is 36.5. The van der Waals surface area contributed by atoms with Gasteiger partial charge >= 0.3 is 0 Å². The Labute approximate surface area is 952 Å². The van der Waals surface area contributed by atoms with Crippen LogP contribution in [0.2, 0.25) is 0 Å². The van der Waals surface area contributed by atoms with Gasteiger partial charge in [0.15, 0.2) is 17.3 Å². The van der Waals surface area contributed by atoms with Gasteiger partial charge in [0.2, 0.25) is 0 Å². The number of carbonyl (C=O) groups excluding carboxylic acids is 3. The van der Waals surface area contributed by atoms with Crippen LogP contribution in [0.3, 0.4) is 0 Å². The minimum Gasteiger partial charge on any atom is -0.512 e. The topological polar surface area (TPSA) is 202 Å². The van der Waals surface area contributed by atoms with Crippen molar-refractivity contribution in [2.45, 2.75) is 205 Å². The molecule has 2 fully saturated rings. The molecule has 19 rings (SSSR count). The fraction of sp³-hybridized carbons (Fsp3) is 0.267. The summed E-state index contributed by atoms with van der Waals surface area (Å²) in [5.41, 5.74) is 24.3. The average molecular weight is 2870 g/mol. The Kier molecular flexibility index (Phi) is 56.9. The quantitative estimate of drug-likeness (QED) is 0.0293. The molecule has 0 bridgehead atoms. The van der Waals surface area contributed by atoms with Gasteiger partial charge in [0.05, 0.1) is 34.0 Å². The number of pyridine rings is 7. The van der Waals surface area contributed by atoms with Gasteiger partial charge in [0.25, 0.3) is 0 Å². The van der Waals surface area contributed by atoms with Crippen LogP contribution in [-0.2, 0) is 115 Å². The van der Waals surface area contributed by atoms with Gasteiger partial charge in [-0.15, -0.1) is 213 Å². The zero-order chi connectivity index (χ0) is 102. The number of benzene rings is 10. The van der Waals surface area contributed by atoms with Crippen LogP contribution in [0.5, 0.6) is 0 Å². The van der Waals surface area contributed by atoms with Crippen molar-refractivity contribution >= 4 is 60.7 Å². The number of hydrogen-bond donors (Lipinski definition) is 3. The van der Waals surface area contributed by atoms with Crippen molar-refractivity contribution in [3.05, 3.63) is 427 Å². The van der Waals surface area contributed by atoms with Crippen LogP contribution >= 0.6 is 0 Å². The van der Waals surface area contributed by atoms with E-state index >= 15 is 0 Å². The van der Waals surface area contributed by atoms with Crippen LogP contribution in [0.1, 0.15) is 211 Å². The zero-order valence-corrected chi connectivity index (χ0v) is 99.7. The van der Waals surface area contributed by atoms with E-state index in [0.29, 0.717) is 0 Å². The minimum absolute atomic E-state index is 0. The number of rotatable bonds is 24. The van der Waals surface area contributed by atoms with Crippen LogP contribution in [-0.4, -0.2) is 67.6 Å². The molecule has 0 amide bonds. The number of carbonyl (C=O) groups is 3. The second kappa shape index (κ2) is 67.4. The molecule has 0 spiro atoms. The van der Waals surface area contributed by atoms with E-state index in [2.05, 4.69) is 198 Å². The first kappa shape index (κ1) is 126. The predicted molar refractivity (Wildman–Crippen MR) is 596 cm³/mol. The van der Waals surface area contributed by atoms with Gasteiger partial charge in [-0.1, -0.05) is 224 Å². The minimum atomic E-state index is -0.125. The van der Waals surface area contributed by atoms with Crippen molar-refractivity contribution < 1.29 is 130 Å². The fourth-order valence-electron chi connectivity index (χ4n) is 17.9. The van der Waals surface area contributed by atoms with Crippen molar-refractivity contribution in [1.29, 1.82) is 0 Å². The van der Waals surface area contributed by atoms with E-state index in [1.54, 1.807) is 18.6 Å². The number of ketones is 3. The molecule has 0 aliphatic heterocycles. The van der Waals surface area contributed by atoms with E-state index in [-0.39, 0.29) is 159 Å². The summed E-state index contributed by atoms with van der Waals surface area (Å²) in [7, 11) is 0. The number of aryl methyl sites for hydroxylation is 4. The summed E-state index contributed by atoms with van der Waals surface area (Å²) in [6.07, 6.45) is 29.5. The van der Waals surface area contributed by atoms with E-state index in [9.17, 15) is 24.6 Å². The Morgan fingerprint density at radius 3 is 1.03 bits per heavy atom. The predicted octanol–water partition coefficient (Wildman–Crippen LogP) is 33.9. The van der Waals surface area contributed by atoms with E-state index in [1.807, 2.05) is 250 Å². The molecular formula is C131H137Ir5N7O6-6. The molecule has 2 aliphatic carbocycles. The molecular weight excluding hydrogens is 2730 g/mol. The van der Waals surface area contributed by atoms with Gasteiger partial charge < -0.3 is 35.3 Å². The maximum atomic E-state index is 11.7. The van der Waals surface area contributed by atoms with E-state index in [1.165, 1.54) is 143 Å². The molecule has 7 heterocycles. The summed E-state index contributed by atoms with van der Waals surface area (Å²) < 4.78 is 0. The average Bonchev–Trinajstić information content (AvgIpc) is 1.77. The number of aliphatic hydroxyl groups excluding tert-OH is 3. The van der Waals surface area contributed by atoms with Crippen LogP contribution < -0.4 is 0 Å². The number of nitrogens with zero attached hydrogens (tertiary/aromatic N) is 7. The van der Waals surface area contributed by atoms with E-state index in [0.717, 1.165) is 153 Å². The molecule has 2 saturated carbocycles. The molecule has 5 radical (unpaired) electrons. The van der Waals surface area contributed by atoms with Crippen molar-refractivity contribution in [3.8, 4) is 78.8 Å². The molecule has 0 atom stereocenters. The molecule has 7 aromatic heterocycles. The zero-order valence-electron chi connectivity index (χ0n) is 87.8. The summed E-state index contributed by atoms with van der Waals surface area (Å²) >= 11 is 0. The van der Waals surface area contributed by atoms with Crippen LogP contribution in [0.25, 0.3) is 122 Å². The SMILES string of the molecule is CC(=O)C=C(C)O.CCC(CC)C(=O)C=C(O)C(CC)CC.CCC(CC)C(=O)C=C(O)C(CC)CC.Cc1[c-]c(-c2ccc3c(C4CCC4)cccc3n2)cc(C)c1.Cc1[c-]c(-c2ccc3c(C4CCCC4)cccc3n2)cc(C)c1.[Ir].[Ir].[Ir].[Ir].[Ir].[c-]1ccccc1-c1cc(-c2ccccn2)ccn1.[c-]1ccccc1-c1ccccn1.[c-]1ccccc1-c1nccc2ccccc12.[c-]1ccccc1-c1nccc2ccccc12. The number of aromatic nitrogens is 7. The monoisotopic (exact) mass is 2870 g/mol. The van der Waals surface area contributed by atoms with Gasteiger partial charge in [-0.2, -0.15) is 0 Å². The van der Waals surface area contributed by atoms with Crippen LogP contribution in [0.4, 0.5) is 0 Å². The molecule has 783 valence electrons. The number of fused-ring (bicyclic) bond motifs is 4. The van der Waals surface area contributed by atoms with Crippen LogP contribution in [0.15, 0.2) is 358 Å². The van der Waals surface area contributed by atoms with Gasteiger partial charge in [-0.25, -0.2) is 0 Å². The molecule has 18 heteroatoms. The molecule has 13 nitrogen and oxygen atoms in total. The third kappa shape index (κ3) is 38.9. The standard InChI is InChI=1S/C22H22N.C21H20N.C16H11N2.2C15H10N.2C13H24O2.C11H8N.C5H8O2.5Ir/c1-15-12-16(2)14-18(13-15)21-11-10-20-19(17-6-3-4-7-17)8-5-9-22(20)23-21;1-14-11-15(2)13-17(12-14)20-10-9-19-18(16-5-3-6-16)7-4-8-21(19)22-20;1-2-6-13(7-3-1)16-12-14(9-11-18-16)15-8-4-5-10-17-15;2*1-2-7-13(8-3-1)15-14-9-5-4-6-12(14)10-11-16-15;2*1-5-10(6-2)12(14)9-13(15)11(7-3)8-4;1-2-6-10(7-3-1)11-8-4-5-9-12-11;1-4(6)3-5(2)7;;;;;/h5,8-13,17H,3-4,6-7H2,1-2H3;4,7-12,16H,3,5-6H2,1-2H3;1-6,8-12H;2*1-7,9-11H;2*9-11,14H,5-8H2,1-4H3;1-6,8-9H;3,6H,1-2H3;;;;;/q5*-1;;;-1;;;;;;. The molecule has 0 saturated heterocycles. The third-order valence-electron chi connectivity index (χ3n) is 25.9. The largest absolute Gasteiger partial charge is 0.512 e. The number of hydrogen-bond acceptors (Lipinski definition) is 13. The van der Waals surface area contributed by atoms with Gasteiger partial charge in [0.1, 0.15) is 0 Å². The first-order valence-electron chi connectivity index (χ1n) is 51.0. The van der Waals surface area contributed by atoms with Crippen molar-refractivity contribution in [3.63, 3.8) is 0 Å². The Bertz CT molecular complexity index is 6690. The Balaban J connectivity index is 0.000000258. The maximum Gasteiger partial charge on any atom is 0.162 e. The maximum absolute atomic E-state index is 11.7. The summed E-state index contributed by atoms with van der Waals surface area (Å²) in [4.78, 5) is 65.1. The number of allylic oxidation sites excluding steroid dienone is 6. The third-order valence-corrected chi connectivity index (χ3v) is 25.9. The number of aliphatic hydroxyl groups is 3. The smallest absolute Gasteiger partial charge is 0.162 e. The van der Waals surface area contributed by atoms with Crippen molar-refractivity contribution in [2.24, 2.45) is 23.7 Å². The Morgan fingerprint density at radius 2 is 0.685 bits per heavy atom.